The Morgan fingerprint density at radius 3 is 1.62 bits per heavy atom. The Morgan fingerprint density at radius 1 is 0.882 bits per heavy atom. The topological polar surface area (TPSA) is 170 Å². The standard InChI is InChI=1S/C23H31N5O6/c1-13(29)16(18(24)31)26-11-22(20(26)33)8-9-23(28(22)10-15-6-4-3-5-7-15)12-27(21(23)34)17(14(2)30)19(25)32/h3-7,13-14,16-17,29-30H,8-12H2,1-2H3,(H2,24,31)(H2,25,32)/t13-,14-,16+,17+,22?,23?/m1/s1. The molecule has 4 rings (SSSR count). The van der Waals surface area contributed by atoms with Crippen LogP contribution in [0.4, 0.5) is 0 Å². The number of benzene rings is 1. The van der Waals surface area contributed by atoms with Crippen molar-refractivity contribution in [2.75, 3.05) is 13.1 Å². The van der Waals surface area contributed by atoms with E-state index < -0.39 is 47.2 Å². The molecule has 0 aromatic heterocycles. The minimum atomic E-state index is -1.16. The third kappa shape index (κ3) is 3.38. The Balaban J connectivity index is 1.67. The van der Waals surface area contributed by atoms with Gasteiger partial charge in [0.2, 0.25) is 23.6 Å². The van der Waals surface area contributed by atoms with E-state index in [1.54, 1.807) is 0 Å². The summed E-state index contributed by atoms with van der Waals surface area (Å²) in [4.78, 5) is 55.3. The van der Waals surface area contributed by atoms with E-state index in [-0.39, 0.29) is 24.9 Å². The third-order valence-electron chi connectivity index (χ3n) is 7.52. The van der Waals surface area contributed by atoms with Gasteiger partial charge in [0, 0.05) is 19.6 Å². The molecule has 3 aliphatic heterocycles. The zero-order valence-electron chi connectivity index (χ0n) is 19.3. The van der Waals surface area contributed by atoms with E-state index in [9.17, 15) is 29.4 Å². The predicted molar refractivity (Wildman–Crippen MR) is 119 cm³/mol. The molecule has 1 aromatic carbocycles. The van der Waals surface area contributed by atoms with Gasteiger partial charge in [-0.2, -0.15) is 0 Å². The quantitative estimate of drug-likeness (QED) is 0.314. The van der Waals surface area contributed by atoms with Crippen LogP contribution in [0.5, 0.6) is 0 Å². The molecule has 184 valence electrons. The van der Waals surface area contributed by atoms with E-state index in [4.69, 9.17) is 11.5 Å². The van der Waals surface area contributed by atoms with Crippen LogP contribution in [0.15, 0.2) is 30.3 Å². The number of carbonyl (C=O) groups excluding carboxylic acids is 4. The first-order valence-corrected chi connectivity index (χ1v) is 11.3. The Kier molecular flexibility index (Phi) is 5.91. The molecule has 34 heavy (non-hydrogen) atoms. The number of rotatable bonds is 8. The summed E-state index contributed by atoms with van der Waals surface area (Å²) < 4.78 is 0. The van der Waals surface area contributed by atoms with Gasteiger partial charge < -0.3 is 31.5 Å². The summed E-state index contributed by atoms with van der Waals surface area (Å²) in [6.07, 6.45) is -1.54. The Hall–Kier alpha value is -3.02. The molecule has 6 atom stereocenters. The van der Waals surface area contributed by atoms with E-state index in [0.717, 1.165) is 5.56 Å². The number of aliphatic hydroxyl groups is 2. The average Bonchev–Trinajstić information content (AvgIpc) is 3.11. The molecule has 1 aromatic rings. The fraction of sp³-hybridized carbons (Fsp3) is 0.565. The molecule has 3 saturated heterocycles. The monoisotopic (exact) mass is 473 g/mol. The van der Waals surface area contributed by atoms with Crippen molar-refractivity contribution >= 4 is 23.6 Å². The second-order valence-corrected chi connectivity index (χ2v) is 9.68. The van der Waals surface area contributed by atoms with Crippen molar-refractivity contribution < 1.29 is 29.4 Å². The molecular weight excluding hydrogens is 442 g/mol. The predicted octanol–water partition coefficient (Wildman–Crippen LogP) is -2.09. The van der Waals surface area contributed by atoms with E-state index in [1.807, 2.05) is 35.2 Å². The Labute approximate surface area is 197 Å². The normalized spacial score (nSPS) is 30.1. The van der Waals surface area contributed by atoms with Crippen LogP contribution in [0.2, 0.25) is 0 Å². The van der Waals surface area contributed by atoms with Crippen LogP contribution >= 0.6 is 0 Å². The lowest BCUT2D eigenvalue weighted by Gasteiger charge is -2.60. The third-order valence-corrected chi connectivity index (χ3v) is 7.52. The number of nitrogens with two attached hydrogens (primary N) is 2. The number of primary amides is 2. The molecule has 3 fully saturated rings. The second-order valence-electron chi connectivity index (χ2n) is 9.68. The summed E-state index contributed by atoms with van der Waals surface area (Å²) in [5, 5.41) is 20.1. The molecule has 3 aliphatic rings. The van der Waals surface area contributed by atoms with Gasteiger partial charge in [0.25, 0.3) is 0 Å². The smallest absolute Gasteiger partial charge is 0.245 e. The summed E-state index contributed by atoms with van der Waals surface area (Å²) in [5.41, 5.74) is 9.71. The van der Waals surface area contributed by atoms with E-state index in [2.05, 4.69) is 0 Å². The summed E-state index contributed by atoms with van der Waals surface area (Å²) in [5.74, 6) is -2.32. The SMILES string of the molecule is C[C@@H](O)[C@@H](C(N)=O)N1CC2(CCC3(CN([C@H](C(N)=O)[C@@H](C)O)C3=O)N2Cc2ccccc2)C1=O. The van der Waals surface area contributed by atoms with Gasteiger partial charge >= 0.3 is 0 Å². The summed E-state index contributed by atoms with van der Waals surface area (Å²) >= 11 is 0. The average molecular weight is 474 g/mol. The van der Waals surface area contributed by atoms with Crippen LogP contribution in [-0.2, 0) is 25.7 Å². The van der Waals surface area contributed by atoms with Gasteiger partial charge in [-0.25, -0.2) is 0 Å². The van der Waals surface area contributed by atoms with Gasteiger partial charge in [-0.05, 0) is 32.3 Å². The van der Waals surface area contributed by atoms with E-state index >= 15 is 0 Å². The Bertz CT molecular complexity index is 956. The van der Waals surface area contributed by atoms with Gasteiger partial charge in [-0.1, -0.05) is 30.3 Å². The van der Waals surface area contributed by atoms with Crippen LogP contribution < -0.4 is 11.5 Å². The van der Waals surface area contributed by atoms with Crippen LogP contribution in [0.3, 0.4) is 0 Å². The number of nitrogens with zero attached hydrogens (tertiary/aromatic N) is 3. The molecular formula is C23H31N5O6. The summed E-state index contributed by atoms with van der Waals surface area (Å²) in [6, 6.07) is 7.07. The fourth-order valence-electron chi connectivity index (χ4n) is 5.88. The first kappa shape index (κ1) is 24.1. The number of hydrogen-bond acceptors (Lipinski definition) is 7. The van der Waals surface area contributed by atoms with Crippen molar-refractivity contribution in [2.24, 2.45) is 11.5 Å². The molecule has 3 heterocycles. The minimum absolute atomic E-state index is 0.141. The Morgan fingerprint density at radius 2 is 1.29 bits per heavy atom. The molecule has 2 spiro atoms. The molecule has 6 N–H and O–H groups in total. The van der Waals surface area contributed by atoms with Crippen LogP contribution in [0, 0.1) is 0 Å². The lowest BCUT2D eigenvalue weighted by atomic mass is 9.82. The van der Waals surface area contributed by atoms with Gasteiger partial charge in [-0.3, -0.25) is 24.1 Å². The number of amides is 4. The van der Waals surface area contributed by atoms with Crippen molar-refractivity contribution in [1.82, 2.24) is 14.7 Å². The molecule has 0 radical (unpaired) electrons. The summed E-state index contributed by atoms with van der Waals surface area (Å²) in [6.45, 7) is 3.38. The number of β-lactam (4-membered cyclic amide) rings is 2. The van der Waals surface area contributed by atoms with Crippen molar-refractivity contribution in [1.29, 1.82) is 0 Å². The maximum atomic E-state index is 13.5. The lowest BCUT2D eigenvalue weighted by molar-refractivity contribution is -0.192. The molecule has 0 bridgehead atoms. The van der Waals surface area contributed by atoms with Crippen LogP contribution in [0.1, 0.15) is 32.3 Å². The van der Waals surface area contributed by atoms with Crippen LogP contribution in [0.25, 0.3) is 0 Å². The van der Waals surface area contributed by atoms with Crippen LogP contribution in [-0.4, -0.2) is 97.0 Å². The molecule has 0 saturated carbocycles. The first-order valence-electron chi connectivity index (χ1n) is 11.3. The highest BCUT2D eigenvalue weighted by atomic mass is 16.3. The van der Waals surface area contributed by atoms with Gasteiger partial charge in [-0.15, -0.1) is 0 Å². The zero-order chi connectivity index (χ0) is 25.0. The van der Waals surface area contributed by atoms with E-state index in [0.29, 0.717) is 19.4 Å². The molecule has 4 amide bonds. The number of carbonyl (C=O) groups is 4. The van der Waals surface area contributed by atoms with Gasteiger partial charge in [0.05, 0.1) is 12.2 Å². The molecule has 0 aliphatic carbocycles. The number of aliphatic hydroxyl groups excluding tert-OH is 2. The maximum absolute atomic E-state index is 13.5. The summed E-state index contributed by atoms with van der Waals surface area (Å²) in [7, 11) is 0. The zero-order valence-corrected chi connectivity index (χ0v) is 19.3. The van der Waals surface area contributed by atoms with Gasteiger partial charge in [0.15, 0.2) is 0 Å². The van der Waals surface area contributed by atoms with Crippen molar-refractivity contribution in [3.05, 3.63) is 35.9 Å². The first-order chi connectivity index (χ1) is 16.0. The minimum Gasteiger partial charge on any atom is -0.391 e. The molecule has 11 nitrogen and oxygen atoms in total. The van der Waals surface area contributed by atoms with Crippen molar-refractivity contribution in [2.45, 2.75) is 68.6 Å². The van der Waals surface area contributed by atoms with Crippen molar-refractivity contribution in [3.8, 4) is 0 Å². The van der Waals surface area contributed by atoms with Crippen molar-refractivity contribution in [3.63, 3.8) is 0 Å². The van der Waals surface area contributed by atoms with Gasteiger partial charge in [0.1, 0.15) is 23.2 Å². The second kappa shape index (κ2) is 8.33. The van der Waals surface area contributed by atoms with E-state index in [1.165, 1.54) is 23.6 Å². The number of hydrogen-bond donors (Lipinski definition) is 4. The maximum Gasteiger partial charge on any atom is 0.245 e. The lowest BCUT2D eigenvalue weighted by Crippen LogP contribution is -2.83. The highest BCUT2D eigenvalue weighted by molar-refractivity contribution is 6.02. The highest BCUT2D eigenvalue weighted by Gasteiger charge is 2.73. The molecule has 2 unspecified atom stereocenters. The fourth-order valence-corrected chi connectivity index (χ4v) is 5.88. The largest absolute Gasteiger partial charge is 0.391 e. The molecule has 11 heteroatoms. The number of likely N-dealkylation sites (tertiary alicyclic amines) is 3. The highest BCUT2D eigenvalue weighted by Crippen LogP contribution is 2.53.